The number of nitro benzene ring substituents is 1. The zero-order valence-electron chi connectivity index (χ0n) is 13.4. The van der Waals surface area contributed by atoms with Crippen molar-refractivity contribution in [3.05, 3.63) is 51.3 Å². The number of aromatic nitrogens is 1. The molecule has 0 unspecified atom stereocenters. The summed E-state index contributed by atoms with van der Waals surface area (Å²) in [5, 5.41) is 15.0. The van der Waals surface area contributed by atoms with Gasteiger partial charge in [-0.15, -0.1) is 0 Å². The quantitative estimate of drug-likeness (QED) is 0.371. The second-order valence-electron chi connectivity index (χ2n) is 5.01. The van der Waals surface area contributed by atoms with Crippen molar-refractivity contribution in [2.75, 3.05) is 7.11 Å². The zero-order valence-corrected chi connectivity index (χ0v) is 14.3. The van der Waals surface area contributed by atoms with Gasteiger partial charge in [0.05, 0.1) is 30.0 Å². The molecule has 2 aromatic rings. The first-order valence-electron chi connectivity index (χ1n) is 6.95. The number of ether oxygens (including phenoxy) is 1. The van der Waals surface area contributed by atoms with E-state index >= 15 is 0 Å². The Morgan fingerprint density at radius 2 is 2.17 bits per heavy atom. The highest BCUT2D eigenvalue weighted by atomic mass is 32.1. The number of non-ortho nitro benzene ring substituents is 1. The minimum atomic E-state index is -0.457. The van der Waals surface area contributed by atoms with Crippen molar-refractivity contribution in [2.24, 2.45) is 10.8 Å². The fourth-order valence-corrected chi connectivity index (χ4v) is 2.47. The monoisotopic (exact) mass is 347 g/mol. The molecule has 126 valence electrons. The number of thiocarbonyl (C=S) groups is 1. The third kappa shape index (κ3) is 3.51. The molecule has 2 rings (SSSR count). The Balaban J connectivity index is 2.49. The third-order valence-electron chi connectivity index (χ3n) is 3.46. The van der Waals surface area contributed by atoms with E-state index in [9.17, 15) is 10.1 Å². The first-order valence-corrected chi connectivity index (χ1v) is 7.36. The number of hydrazone groups is 1. The third-order valence-corrected chi connectivity index (χ3v) is 3.55. The van der Waals surface area contributed by atoms with Crippen molar-refractivity contribution in [3.8, 4) is 11.4 Å². The normalized spacial score (nSPS) is 10.8. The van der Waals surface area contributed by atoms with Gasteiger partial charge < -0.3 is 15.0 Å². The predicted octanol–water partition coefficient (Wildman–Crippen LogP) is 2.18. The Hall–Kier alpha value is -2.94. The fraction of sp³-hybridized carbons (Fsp3) is 0.200. The van der Waals surface area contributed by atoms with E-state index in [0.717, 1.165) is 17.0 Å². The highest BCUT2D eigenvalue weighted by Crippen LogP contribution is 2.31. The fourth-order valence-electron chi connectivity index (χ4n) is 2.42. The second-order valence-corrected chi connectivity index (χ2v) is 5.45. The van der Waals surface area contributed by atoms with Crippen LogP contribution in [-0.4, -0.2) is 27.9 Å². The van der Waals surface area contributed by atoms with Crippen molar-refractivity contribution in [1.82, 2.24) is 9.99 Å². The maximum Gasteiger partial charge on any atom is 0.273 e. The van der Waals surface area contributed by atoms with E-state index in [-0.39, 0.29) is 10.8 Å². The zero-order chi connectivity index (χ0) is 17.9. The smallest absolute Gasteiger partial charge is 0.273 e. The number of nitrogens with one attached hydrogen (secondary N) is 1. The molecule has 0 amide bonds. The van der Waals surface area contributed by atoms with Crippen LogP contribution < -0.4 is 15.9 Å². The van der Waals surface area contributed by atoms with Crippen LogP contribution in [-0.2, 0) is 0 Å². The standard InChI is InChI=1S/C15H17N5O3S/c1-9-6-11(8-17-18-15(16)24)10(2)19(9)13-5-4-12(20(21)22)7-14(13)23-3/h4-8H,1-3H3,(H3,16,18,24). The van der Waals surface area contributed by atoms with E-state index < -0.39 is 4.92 Å². The summed E-state index contributed by atoms with van der Waals surface area (Å²) < 4.78 is 7.25. The van der Waals surface area contributed by atoms with Gasteiger partial charge in [0.1, 0.15) is 5.75 Å². The molecule has 0 aliphatic heterocycles. The van der Waals surface area contributed by atoms with Gasteiger partial charge in [-0.05, 0) is 38.2 Å². The van der Waals surface area contributed by atoms with Crippen LogP contribution in [0.1, 0.15) is 17.0 Å². The lowest BCUT2D eigenvalue weighted by Gasteiger charge is -2.13. The number of nitrogens with two attached hydrogens (primary N) is 1. The highest BCUT2D eigenvalue weighted by Gasteiger charge is 2.16. The van der Waals surface area contributed by atoms with Crippen molar-refractivity contribution < 1.29 is 9.66 Å². The largest absolute Gasteiger partial charge is 0.494 e. The van der Waals surface area contributed by atoms with Gasteiger partial charge in [0.2, 0.25) is 0 Å². The number of benzene rings is 1. The maximum atomic E-state index is 10.9. The van der Waals surface area contributed by atoms with Crippen LogP contribution in [0.25, 0.3) is 5.69 Å². The van der Waals surface area contributed by atoms with E-state index in [1.807, 2.05) is 24.5 Å². The summed E-state index contributed by atoms with van der Waals surface area (Å²) >= 11 is 4.69. The molecule has 1 aromatic carbocycles. The molecule has 0 saturated carbocycles. The number of nitro groups is 1. The average Bonchev–Trinajstić information content (AvgIpc) is 2.80. The van der Waals surface area contributed by atoms with Gasteiger partial charge in [0.25, 0.3) is 5.69 Å². The lowest BCUT2D eigenvalue weighted by Crippen LogP contribution is -2.24. The molecular weight excluding hydrogens is 330 g/mol. The summed E-state index contributed by atoms with van der Waals surface area (Å²) in [5.41, 5.74) is 11.2. The van der Waals surface area contributed by atoms with Gasteiger partial charge in [-0.2, -0.15) is 5.10 Å². The Bertz CT molecular complexity index is 829. The number of hydrogen-bond acceptors (Lipinski definition) is 5. The SMILES string of the molecule is COc1cc([N+](=O)[O-])ccc1-n1c(C)cc(C=NNC(N)=S)c1C. The minimum Gasteiger partial charge on any atom is -0.494 e. The lowest BCUT2D eigenvalue weighted by molar-refractivity contribution is -0.384. The highest BCUT2D eigenvalue weighted by molar-refractivity contribution is 7.80. The average molecular weight is 347 g/mol. The van der Waals surface area contributed by atoms with E-state index in [4.69, 9.17) is 22.7 Å². The molecule has 8 nitrogen and oxygen atoms in total. The van der Waals surface area contributed by atoms with Gasteiger partial charge in [-0.25, -0.2) is 0 Å². The summed E-state index contributed by atoms with van der Waals surface area (Å²) in [6.07, 6.45) is 1.61. The Morgan fingerprint density at radius 1 is 1.46 bits per heavy atom. The van der Waals surface area contributed by atoms with Gasteiger partial charge in [-0.3, -0.25) is 15.5 Å². The first-order chi connectivity index (χ1) is 11.3. The molecule has 0 aliphatic rings. The van der Waals surface area contributed by atoms with E-state index in [2.05, 4.69) is 10.5 Å². The van der Waals surface area contributed by atoms with Crippen LogP contribution in [0.4, 0.5) is 5.69 Å². The molecule has 0 radical (unpaired) electrons. The Labute approximate surface area is 144 Å². The molecule has 0 spiro atoms. The Kier molecular flexibility index (Phi) is 5.14. The summed E-state index contributed by atoms with van der Waals surface area (Å²) in [5.74, 6) is 0.413. The summed E-state index contributed by atoms with van der Waals surface area (Å²) in [6.45, 7) is 3.84. The molecule has 0 bridgehead atoms. The number of nitrogens with zero attached hydrogens (tertiary/aromatic N) is 3. The molecule has 0 aliphatic carbocycles. The summed E-state index contributed by atoms with van der Waals surface area (Å²) in [7, 11) is 1.48. The number of rotatable bonds is 5. The summed E-state index contributed by atoms with van der Waals surface area (Å²) in [6, 6.07) is 6.43. The van der Waals surface area contributed by atoms with Gasteiger partial charge in [-0.1, -0.05) is 0 Å². The van der Waals surface area contributed by atoms with Gasteiger partial charge >= 0.3 is 0 Å². The molecule has 1 heterocycles. The van der Waals surface area contributed by atoms with Crippen LogP contribution in [0.5, 0.6) is 5.75 Å². The molecule has 0 fully saturated rings. The summed E-state index contributed by atoms with van der Waals surface area (Å²) in [4.78, 5) is 10.5. The van der Waals surface area contributed by atoms with Crippen LogP contribution in [0.15, 0.2) is 29.4 Å². The van der Waals surface area contributed by atoms with Crippen LogP contribution in [0, 0.1) is 24.0 Å². The molecule has 0 saturated heterocycles. The number of hydrogen-bond donors (Lipinski definition) is 2. The first kappa shape index (κ1) is 17.4. The molecule has 24 heavy (non-hydrogen) atoms. The lowest BCUT2D eigenvalue weighted by atomic mass is 10.2. The minimum absolute atomic E-state index is 0.0273. The Morgan fingerprint density at radius 3 is 2.75 bits per heavy atom. The molecular formula is C15H17N5O3S. The number of methoxy groups -OCH3 is 1. The molecule has 0 atom stereocenters. The molecule has 3 N–H and O–H groups in total. The van der Waals surface area contributed by atoms with Gasteiger partial charge in [0, 0.05) is 23.0 Å². The molecule has 9 heteroatoms. The van der Waals surface area contributed by atoms with Crippen molar-refractivity contribution in [3.63, 3.8) is 0 Å². The molecule has 1 aromatic heterocycles. The maximum absolute atomic E-state index is 10.9. The number of aryl methyl sites for hydroxylation is 1. The van der Waals surface area contributed by atoms with Gasteiger partial charge in [0.15, 0.2) is 5.11 Å². The van der Waals surface area contributed by atoms with E-state index in [1.54, 1.807) is 12.3 Å². The predicted molar refractivity (Wildman–Crippen MR) is 96.0 cm³/mol. The van der Waals surface area contributed by atoms with E-state index in [1.165, 1.54) is 19.2 Å². The topological polar surface area (TPSA) is 108 Å². The van der Waals surface area contributed by atoms with Crippen molar-refractivity contribution in [1.29, 1.82) is 0 Å². The van der Waals surface area contributed by atoms with Crippen LogP contribution >= 0.6 is 12.2 Å². The van der Waals surface area contributed by atoms with Crippen molar-refractivity contribution >= 4 is 29.2 Å². The second kappa shape index (κ2) is 7.09. The van der Waals surface area contributed by atoms with E-state index in [0.29, 0.717) is 11.4 Å². The van der Waals surface area contributed by atoms with Crippen molar-refractivity contribution in [2.45, 2.75) is 13.8 Å². The van der Waals surface area contributed by atoms with Crippen LogP contribution in [0.2, 0.25) is 0 Å². The van der Waals surface area contributed by atoms with Crippen LogP contribution in [0.3, 0.4) is 0 Å².